The largest absolute Gasteiger partial charge is 0.510 e. The van der Waals surface area contributed by atoms with E-state index < -0.39 is 56.1 Å². The molecule has 1 aliphatic heterocycles. The minimum Gasteiger partial charge on any atom is -0.510 e. The number of carbonyl (C=O) groups excluding carboxylic acids is 3. The summed E-state index contributed by atoms with van der Waals surface area (Å²) in [5.74, 6) is -2.62. The number of rotatable bonds is 11. The number of β-lactam (4-membered cyclic amide) rings is 1. The zero-order valence-electron chi connectivity index (χ0n) is 22.2. The summed E-state index contributed by atoms with van der Waals surface area (Å²) in [5.41, 5.74) is 0.996. The molecule has 2 unspecified atom stereocenters. The molecule has 0 saturated carbocycles. The van der Waals surface area contributed by atoms with Gasteiger partial charge in [0.1, 0.15) is 29.5 Å². The molecule has 1 saturated heterocycles. The summed E-state index contributed by atoms with van der Waals surface area (Å²) in [6, 6.07) is 22.1. The topological polar surface area (TPSA) is 139 Å². The Hall–Kier alpha value is -4.29. The molecule has 1 heterocycles. The van der Waals surface area contributed by atoms with Crippen molar-refractivity contribution in [2.45, 2.75) is 36.8 Å². The molecule has 0 radical (unpaired) electrons. The first-order chi connectivity index (χ1) is 19.6. The third kappa shape index (κ3) is 7.27. The molecule has 2 amide bonds. The van der Waals surface area contributed by atoms with E-state index in [4.69, 9.17) is 9.47 Å². The molecule has 12 heteroatoms. The van der Waals surface area contributed by atoms with Gasteiger partial charge in [-0.2, -0.15) is 0 Å². The highest BCUT2D eigenvalue weighted by Crippen LogP contribution is 2.40. The van der Waals surface area contributed by atoms with Crippen molar-refractivity contribution < 1.29 is 37.4 Å². The van der Waals surface area contributed by atoms with Crippen LogP contribution < -0.4 is 10.1 Å². The van der Waals surface area contributed by atoms with Crippen molar-refractivity contribution in [2.24, 2.45) is 0 Å². The lowest BCUT2D eigenvalue weighted by atomic mass is 10.1. The van der Waals surface area contributed by atoms with Gasteiger partial charge in [-0.05, 0) is 43.7 Å². The van der Waals surface area contributed by atoms with E-state index in [0.717, 1.165) is 10.5 Å². The Morgan fingerprint density at radius 3 is 2.20 bits per heavy atom. The SMILES string of the molecule is CC(O)=C(C(=O)OCc1ccccc1)N1C(=O)C(NC(=O)COc2ccccc2)C1SS(=O)(=O)c1ccc(C)cc1. The number of para-hydroxylation sites is 1. The molecular weight excluding hydrogens is 568 g/mol. The van der Waals surface area contributed by atoms with Gasteiger partial charge in [-0.1, -0.05) is 66.2 Å². The van der Waals surface area contributed by atoms with Gasteiger partial charge in [-0.25, -0.2) is 13.2 Å². The summed E-state index contributed by atoms with van der Waals surface area (Å²) in [7, 11) is -3.70. The van der Waals surface area contributed by atoms with Crippen LogP contribution in [0.2, 0.25) is 0 Å². The number of aliphatic hydroxyl groups is 1. The van der Waals surface area contributed by atoms with Crippen LogP contribution in [0, 0.1) is 6.92 Å². The molecule has 1 fully saturated rings. The van der Waals surface area contributed by atoms with Crippen LogP contribution in [-0.2, 0) is 34.6 Å². The highest BCUT2D eigenvalue weighted by Gasteiger charge is 2.54. The molecule has 0 spiro atoms. The first-order valence-corrected chi connectivity index (χ1v) is 15.4. The number of esters is 1. The van der Waals surface area contributed by atoms with Gasteiger partial charge >= 0.3 is 5.97 Å². The van der Waals surface area contributed by atoms with Crippen LogP contribution in [0.4, 0.5) is 0 Å². The van der Waals surface area contributed by atoms with E-state index >= 15 is 0 Å². The first-order valence-electron chi connectivity index (χ1n) is 12.5. The fourth-order valence-corrected chi connectivity index (χ4v) is 7.38. The van der Waals surface area contributed by atoms with Crippen molar-refractivity contribution >= 4 is 37.4 Å². The van der Waals surface area contributed by atoms with Gasteiger partial charge in [-0.15, -0.1) is 0 Å². The Morgan fingerprint density at radius 2 is 1.59 bits per heavy atom. The summed E-state index contributed by atoms with van der Waals surface area (Å²) < 4.78 is 37.4. The average Bonchev–Trinajstić information content (AvgIpc) is 2.96. The molecular formula is C29H28N2O8S2. The monoisotopic (exact) mass is 596 g/mol. The Balaban J connectivity index is 1.56. The normalized spacial score (nSPS) is 17.2. The number of aryl methyl sites for hydroxylation is 1. The minimum atomic E-state index is -4.07. The maximum Gasteiger partial charge on any atom is 0.358 e. The molecule has 2 N–H and O–H groups in total. The predicted octanol–water partition coefficient (Wildman–Crippen LogP) is 3.68. The Bertz CT molecular complexity index is 1540. The number of nitrogens with zero attached hydrogens (tertiary/aromatic N) is 1. The molecule has 0 aromatic heterocycles. The maximum atomic E-state index is 13.3. The number of carbonyl (C=O) groups is 3. The summed E-state index contributed by atoms with van der Waals surface area (Å²) in [6.07, 6.45) is 0. The fourth-order valence-electron chi connectivity index (χ4n) is 3.92. The maximum absolute atomic E-state index is 13.3. The third-order valence-corrected chi connectivity index (χ3v) is 9.71. The van der Waals surface area contributed by atoms with Gasteiger partial charge in [0.25, 0.3) is 11.8 Å². The van der Waals surface area contributed by atoms with E-state index in [1.807, 2.05) is 0 Å². The van der Waals surface area contributed by atoms with Gasteiger partial charge in [0.2, 0.25) is 8.87 Å². The molecule has 41 heavy (non-hydrogen) atoms. The predicted molar refractivity (Wildman–Crippen MR) is 152 cm³/mol. The number of allylic oxidation sites excluding steroid dienone is 1. The summed E-state index contributed by atoms with van der Waals surface area (Å²) in [4.78, 5) is 39.8. The molecule has 10 nitrogen and oxygen atoms in total. The van der Waals surface area contributed by atoms with Crippen LogP contribution >= 0.6 is 10.8 Å². The molecule has 0 aliphatic carbocycles. The van der Waals surface area contributed by atoms with Crippen LogP contribution in [0.25, 0.3) is 0 Å². The van der Waals surface area contributed by atoms with E-state index in [0.29, 0.717) is 22.1 Å². The molecule has 2 atom stereocenters. The standard InChI is InChI=1S/C29H28N2O8S2/c1-19-13-15-23(16-14-19)41(36,37)40-28-25(30-24(33)18-38-22-11-7-4-8-12-22)27(34)31(28)26(20(2)32)29(35)39-17-21-9-5-3-6-10-21/h3-16,25,28,32H,17-18H2,1-2H3,(H,30,33). The minimum absolute atomic E-state index is 0.0252. The Labute approximate surface area is 241 Å². The van der Waals surface area contributed by atoms with Gasteiger partial charge in [0, 0.05) is 10.8 Å². The second-order valence-electron chi connectivity index (χ2n) is 9.10. The van der Waals surface area contributed by atoms with Gasteiger partial charge in [0.15, 0.2) is 12.3 Å². The number of aliphatic hydroxyl groups excluding tert-OH is 1. The number of likely N-dealkylation sites (tertiary alicyclic amines) is 1. The number of nitrogens with one attached hydrogen (secondary N) is 1. The fraction of sp³-hybridized carbons (Fsp3) is 0.207. The zero-order valence-corrected chi connectivity index (χ0v) is 23.9. The van der Waals surface area contributed by atoms with Gasteiger partial charge in [0.05, 0.1) is 4.90 Å². The molecule has 1 aliphatic rings. The Kier molecular flexibility index (Phi) is 9.35. The number of benzene rings is 3. The smallest absolute Gasteiger partial charge is 0.358 e. The van der Waals surface area contributed by atoms with Crippen LogP contribution in [0.1, 0.15) is 18.1 Å². The van der Waals surface area contributed by atoms with Gasteiger partial charge in [-0.3, -0.25) is 14.5 Å². The zero-order chi connectivity index (χ0) is 29.6. The van der Waals surface area contributed by atoms with Crippen LogP contribution in [0.15, 0.2) is 101 Å². The molecule has 4 rings (SSSR count). The van der Waals surface area contributed by atoms with Crippen LogP contribution in [0.3, 0.4) is 0 Å². The van der Waals surface area contributed by atoms with Crippen LogP contribution in [0.5, 0.6) is 5.75 Å². The first kappa shape index (κ1) is 29.7. The highest BCUT2D eigenvalue weighted by molar-refractivity contribution is 8.72. The van der Waals surface area contributed by atoms with Crippen molar-refractivity contribution in [3.05, 3.63) is 108 Å². The van der Waals surface area contributed by atoms with E-state index in [-0.39, 0.29) is 11.5 Å². The van der Waals surface area contributed by atoms with E-state index in [9.17, 15) is 27.9 Å². The quantitative estimate of drug-likeness (QED) is 0.112. The number of hydrogen-bond acceptors (Lipinski definition) is 9. The molecule has 0 bridgehead atoms. The second-order valence-corrected chi connectivity index (χ2v) is 13.1. The number of ether oxygens (including phenoxy) is 2. The highest BCUT2D eigenvalue weighted by atomic mass is 33.1. The van der Waals surface area contributed by atoms with Crippen molar-refractivity contribution in [3.63, 3.8) is 0 Å². The molecule has 214 valence electrons. The van der Waals surface area contributed by atoms with E-state index in [1.54, 1.807) is 79.7 Å². The average molecular weight is 597 g/mol. The van der Waals surface area contributed by atoms with E-state index in [1.165, 1.54) is 19.1 Å². The lowest BCUT2D eigenvalue weighted by molar-refractivity contribution is -0.153. The second kappa shape index (κ2) is 12.9. The van der Waals surface area contributed by atoms with Crippen LogP contribution in [-0.4, -0.2) is 54.2 Å². The summed E-state index contributed by atoms with van der Waals surface area (Å²) in [5, 5.41) is 11.6. The summed E-state index contributed by atoms with van der Waals surface area (Å²) in [6.45, 7) is 2.41. The van der Waals surface area contributed by atoms with Crippen molar-refractivity contribution in [1.29, 1.82) is 0 Å². The molecule has 3 aromatic rings. The lowest BCUT2D eigenvalue weighted by Gasteiger charge is -2.46. The van der Waals surface area contributed by atoms with Crippen molar-refractivity contribution in [1.82, 2.24) is 10.2 Å². The van der Waals surface area contributed by atoms with Gasteiger partial charge < -0.3 is 19.9 Å². The lowest BCUT2D eigenvalue weighted by Crippen LogP contribution is -2.70. The van der Waals surface area contributed by atoms with Crippen molar-refractivity contribution in [2.75, 3.05) is 6.61 Å². The third-order valence-electron chi connectivity index (χ3n) is 6.00. The van der Waals surface area contributed by atoms with E-state index in [2.05, 4.69) is 5.32 Å². The Morgan fingerprint density at radius 1 is 0.976 bits per heavy atom. The molecule has 3 aromatic carbocycles. The number of amides is 2. The number of hydrogen-bond donors (Lipinski definition) is 2. The van der Waals surface area contributed by atoms with Crippen molar-refractivity contribution in [3.8, 4) is 5.75 Å². The summed E-state index contributed by atoms with van der Waals surface area (Å²) >= 11 is 0.